The predicted molar refractivity (Wildman–Crippen MR) is 122 cm³/mol. The molecule has 3 saturated heterocycles. The zero-order valence-corrected chi connectivity index (χ0v) is 19.8. The fraction of sp³-hybridized carbons (Fsp3) is 0.440. The Bertz CT molecular complexity index is 1150. The number of rotatable bonds is 13. The highest BCUT2D eigenvalue weighted by molar-refractivity contribution is 5.96. The van der Waals surface area contributed by atoms with Crippen molar-refractivity contribution in [3.63, 3.8) is 0 Å². The van der Waals surface area contributed by atoms with Gasteiger partial charge in [0.05, 0.1) is 45.2 Å². The van der Waals surface area contributed by atoms with Crippen LogP contribution in [0.15, 0.2) is 24.3 Å². The van der Waals surface area contributed by atoms with Gasteiger partial charge in [-0.05, 0) is 24.3 Å². The summed E-state index contributed by atoms with van der Waals surface area (Å²) >= 11 is 0. The van der Waals surface area contributed by atoms with Crippen molar-refractivity contribution < 1.29 is 52.6 Å². The molecule has 3 aliphatic heterocycles. The topological polar surface area (TPSA) is 138 Å². The van der Waals surface area contributed by atoms with Gasteiger partial charge in [0.15, 0.2) is 23.0 Å². The number of carboxylic acid groups (broad SMARTS) is 1. The molecule has 0 aromatic heterocycles. The van der Waals surface area contributed by atoms with E-state index in [4.69, 9.17) is 37.9 Å². The lowest BCUT2D eigenvalue weighted by Gasteiger charge is -2.20. The van der Waals surface area contributed by atoms with Crippen LogP contribution in [0.3, 0.4) is 0 Å². The van der Waals surface area contributed by atoms with E-state index >= 15 is 0 Å². The van der Waals surface area contributed by atoms with Gasteiger partial charge in [0, 0.05) is 11.1 Å². The summed E-state index contributed by atoms with van der Waals surface area (Å²) in [5.41, 5.74) is 0.871. The smallest absolute Gasteiger partial charge is 0.338 e. The molecule has 0 amide bonds. The van der Waals surface area contributed by atoms with E-state index in [1.54, 1.807) is 6.07 Å². The maximum Gasteiger partial charge on any atom is 0.338 e. The van der Waals surface area contributed by atoms with Crippen LogP contribution in [0.1, 0.15) is 20.7 Å². The molecular weight excluding hydrogens is 476 g/mol. The Morgan fingerprint density at radius 3 is 1.67 bits per heavy atom. The molecule has 1 N–H and O–H groups in total. The van der Waals surface area contributed by atoms with Gasteiger partial charge in [-0.2, -0.15) is 0 Å². The first-order valence-corrected chi connectivity index (χ1v) is 11.4. The Labute approximate surface area is 206 Å². The molecular formula is C25H26O11. The van der Waals surface area contributed by atoms with Gasteiger partial charge in [0.1, 0.15) is 38.1 Å². The molecule has 0 aliphatic carbocycles. The van der Waals surface area contributed by atoms with Gasteiger partial charge in [-0.25, -0.2) is 9.59 Å². The minimum atomic E-state index is -1.16. The summed E-state index contributed by atoms with van der Waals surface area (Å²) in [5.74, 6) is -0.694. The Morgan fingerprint density at radius 1 is 0.778 bits per heavy atom. The first-order chi connectivity index (χ1) is 17.5. The van der Waals surface area contributed by atoms with Crippen molar-refractivity contribution in [1.82, 2.24) is 0 Å². The van der Waals surface area contributed by atoms with Crippen molar-refractivity contribution >= 4 is 11.9 Å². The van der Waals surface area contributed by atoms with E-state index < -0.39 is 11.9 Å². The van der Waals surface area contributed by atoms with E-state index in [9.17, 15) is 14.7 Å². The number of carboxylic acids is 1. The lowest BCUT2D eigenvalue weighted by atomic mass is 9.97. The number of ether oxygens (including phenoxy) is 8. The molecule has 0 bridgehead atoms. The zero-order valence-electron chi connectivity index (χ0n) is 19.8. The minimum absolute atomic E-state index is 0.0359. The van der Waals surface area contributed by atoms with Crippen LogP contribution in [0.25, 0.3) is 11.1 Å². The molecule has 11 nitrogen and oxygen atoms in total. The Kier molecular flexibility index (Phi) is 6.86. The van der Waals surface area contributed by atoms with Crippen LogP contribution in [0, 0.1) is 0 Å². The summed E-state index contributed by atoms with van der Waals surface area (Å²) in [6, 6.07) is 5.89. The molecule has 36 heavy (non-hydrogen) atoms. The molecule has 3 heterocycles. The molecule has 2 aromatic carbocycles. The monoisotopic (exact) mass is 502 g/mol. The summed E-state index contributed by atoms with van der Waals surface area (Å²) < 4.78 is 44.1. The number of epoxide rings is 3. The number of hydrogen-bond donors (Lipinski definition) is 1. The van der Waals surface area contributed by atoms with E-state index in [2.05, 4.69) is 0 Å². The number of carbonyl (C=O) groups excluding carboxylic acids is 1. The van der Waals surface area contributed by atoms with Gasteiger partial charge in [-0.3, -0.25) is 0 Å². The van der Waals surface area contributed by atoms with Crippen molar-refractivity contribution in [2.24, 2.45) is 0 Å². The third-order valence-corrected chi connectivity index (χ3v) is 5.76. The van der Waals surface area contributed by atoms with Gasteiger partial charge >= 0.3 is 11.9 Å². The third kappa shape index (κ3) is 5.64. The Morgan fingerprint density at radius 2 is 1.22 bits per heavy atom. The van der Waals surface area contributed by atoms with E-state index in [1.807, 2.05) is 0 Å². The summed E-state index contributed by atoms with van der Waals surface area (Å²) in [6.45, 7) is 2.30. The van der Waals surface area contributed by atoms with Crippen LogP contribution in [0.2, 0.25) is 0 Å². The number of carbonyl (C=O) groups is 2. The standard InChI is InChI=1S/C25H26O11/c1-29-20-5-13(24(26)27)3-18(22(20)34-10-15-7-31-15)19-4-14(25(28)36-12-17-9-33-17)6-21(30-2)23(19)35-11-16-8-32-16/h3-6,15-17H,7-12H2,1-2H3,(H,26,27). The highest BCUT2D eigenvalue weighted by Crippen LogP contribution is 2.47. The molecule has 3 fully saturated rings. The number of methoxy groups -OCH3 is 2. The molecule has 5 rings (SSSR count). The molecule has 3 atom stereocenters. The van der Waals surface area contributed by atoms with Crippen LogP contribution in [-0.4, -0.2) is 89.2 Å². The summed E-state index contributed by atoms with van der Waals surface area (Å²) in [7, 11) is 2.87. The molecule has 0 saturated carbocycles. The van der Waals surface area contributed by atoms with Crippen LogP contribution < -0.4 is 18.9 Å². The molecule has 3 unspecified atom stereocenters. The highest BCUT2D eigenvalue weighted by atomic mass is 16.6. The minimum Gasteiger partial charge on any atom is -0.493 e. The van der Waals surface area contributed by atoms with Crippen molar-refractivity contribution in [1.29, 1.82) is 0 Å². The fourth-order valence-electron chi connectivity index (χ4n) is 3.54. The predicted octanol–water partition coefficient (Wildman–Crippen LogP) is 2.18. The van der Waals surface area contributed by atoms with E-state index in [-0.39, 0.29) is 66.5 Å². The molecule has 0 spiro atoms. The normalized spacial score (nSPS) is 21.3. The van der Waals surface area contributed by atoms with Crippen molar-refractivity contribution in [2.45, 2.75) is 18.3 Å². The average molecular weight is 502 g/mol. The Balaban J connectivity index is 1.63. The molecule has 2 aromatic rings. The van der Waals surface area contributed by atoms with Crippen LogP contribution in [0.4, 0.5) is 0 Å². The van der Waals surface area contributed by atoms with Gasteiger partial charge < -0.3 is 43.0 Å². The maximum absolute atomic E-state index is 12.9. The largest absolute Gasteiger partial charge is 0.493 e. The molecule has 192 valence electrons. The number of hydrogen-bond acceptors (Lipinski definition) is 10. The lowest BCUT2D eigenvalue weighted by molar-refractivity contribution is 0.0476. The molecule has 0 radical (unpaired) electrons. The number of aromatic carboxylic acids is 1. The van der Waals surface area contributed by atoms with Gasteiger partial charge in [0.2, 0.25) is 0 Å². The number of benzene rings is 2. The lowest BCUT2D eigenvalue weighted by Crippen LogP contribution is -2.12. The van der Waals surface area contributed by atoms with Crippen LogP contribution in [0.5, 0.6) is 23.0 Å². The SMILES string of the molecule is COc1cc(C(=O)O)cc(-c2cc(C(=O)OCC3CO3)cc(OC)c2OCC2CO2)c1OCC1CO1. The summed E-state index contributed by atoms with van der Waals surface area (Å²) in [5, 5.41) is 9.75. The Hall–Kier alpha value is -3.54. The maximum atomic E-state index is 12.9. The zero-order chi connectivity index (χ0) is 25.2. The van der Waals surface area contributed by atoms with E-state index in [1.165, 1.54) is 32.4 Å². The van der Waals surface area contributed by atoms with E-state index in [0.717, 1.165) is 0 Å². The van der Waals surface area contributed by atoms with Crippen molar-refractivity contribution in [2.75, 3.05) is 53.9 Å². The quantitative estimate of drug-likeness (QED) is 0.319. The van der Waals surface area contributed by atoms with Crippen LogP contribution in [-0.2, 0) is 18.9 Å². The second-order valence-corrected chi connectivity index (χ2v) is 8.50. The number of esters is 1. The van der Waals surface area contributed by atoms with Gasteiger partial charge in [0.25, 0.3) is 0 Å². The third-order valence-electron chi connectivity index (χ3n) is 5.76. The molecule has 3 aliphatic rings. The summed E-state index contributed by atoms with van der Waals surface area (Å²) in [6.07, 6.45) is -0.226. The second kappa shape index (κ2) is 10.2. The fourth-order valence-corrected chi connectivity index (χ4v) is 3.54. The van der Waals surface area contributed by atoms with Crippen molar-refractivity contribution in [3.05, 3.63) is 35.4 Å². The first kappa shape index (κ1) is 24.2. The second-order valence-electron chi connectivity index (χ2n) is 8.50. The van der Waals surface area contributed by atoms with Crippen LogP contribution >= 0.6 is 0 Å². The van der Waals surface area contributed by atoms with Crippen molar-refractivity contribution in [3.8, 4) is 34.1 Å². The average Bonchev–Trinajstić information content (AvgIpc) is 3.73. The van der Waals surface area contributed by atoms with E-state index in [0.29, 0.717) is 36.7 Å². The summed E-state index contributed by atoms with van der Waals surface area (Å²) in [4.78, 5) is 24.8. The highest BCUT2D eigenvalue weighted by Gasteiger charge is 2.30. The van der Waals surface area contributed by atoms with Gasteiger partial charge in [-0.1, -0.05) is 0 Å². The molecule has 11 heteroatoms. The first-order valence-electron chi connectivity index (χ1n) is 11.4. The van der Waals surface area contributed by atoms with Gasteiger partial charge in [-0.15, -0.1) is 0 Å².